The summed E-state index contributed by atoms with van der Waals surface area (Å²) in [6.45, 7) is 0.111. The molecule has 2 aliphatic rings. The van der Waals surface area contributed by atoms with Gasteiger partial charge < -0.3 is 41.1 Å². The van der Waals surface area contributed by atoms with Crippen LogP contribution in [0.4, 0.5) is 22.0 Å². The highest BCUT2D eigenvalue weighted by Crippen LogP contribution is 2.40. The summed E-state index contributed by atoms with van der Waals surface area (Å²) >= 11 is 0. The Kier molecular flexibility index (Phi) is 13.7. The molecule has 4 rings (SSSR count). The maximum atomic E-state index is 14.1. The number of amides is 3. The predicted molar refractivity (Wildman–Crippen MR) is 170 cm³/mol. The zero-order valence-electron chi connectivity index (χ0n) is 28.2. The molecule has 0 bridgehead atoms. The van der Waals surface area contributed by atoms with Crippen LogP contribution in [0.3, 0.4) is 0 Å². The number of carboxylic acid groups (broad SMARTS) is 2. The number of nitrogens with one attached hydrogen (secondary N) is 1. The molecule has 2 aliphatic heterocycles. The largest absolute Gasteiger partial charge is 0.479 e. The number of hydrogen-bond acceptors (Lipinski definition) is 11. The maximum Gasteiger partial charge on any atom is 0.408 e. The van der Waals surface area contributed by atoms with E-state index in [1.54, 1.807) is 18.2 Å². The molecular formula is C32H37F5N6O10. The molecule has 0 radical (unpaired) electrons. The molecule has 1 saturated heterocycles. The number of nitrogens with two attached hydrogens (primary N) is 1. The van der Waals surface area contributed by atoms with Gasteiger partial charge in [-0.2, -0.15) is 18.3 Å². The lowest BCUT2D eigenvalue weighted by molar-refractivity contribution is -0.165. The highest BCUT2D eigenvalue weighted by atomic mass is 19.4. The van der Waals surface area contributed by atoms with Gasteiger partial charge in [0.1, 0.15) is 29.6 Å². The smallest absolute Gasteiger partial charge is 0.408 e. The first-order valence-corrected chi connectivity index (χ1v) is 15.6. The Morgan fingerprint density at radius 1 is 1.06 bits per heavy atom. The third-order valence-corrected chi connectivity index (χ3v) is 7.99. The van der Waals surface area contributed by atoms with E-state index in [1.807, 2.05) is 0 Å². The summed E-state index contributed by atoms with van der Waals surface area (Å²) in [4.78, 5) is 64.8. The first-order chi connectivity index (χ1) is 24.6. The van der Waals surface area contributed by atoms with Crippen molar-refractivity contribution in [2.75, 3.05) is 26.2 Å². The number of hydrogen-bond donors (Lipinski definition) is 6. The lowest BCUT2D eigenvalue weighted by atomic mass is 9.73. The second-order valence-corrected chi connectivity index (χ2v) is 12.7. The monoisotopic (exact) mass is 760 g/mol. The number of carboxylic acids is 2. The fraction of sp³-hybridized carbons (Fsp3) is 0.469. The van der Waals surface area contributed by atoms with Gasteiger partial charge in [0.2, 0.25) is 11.8 Å². The number of ether oxygens (including phenoxy) is 1. The van der Waals surface area contributed by atoms with Crippen LogP contribution in [0, 0.1) is 17.0 Å². The van der Waals surface area contributed by atoms with Gasteiger partial charge in [-0.05, 0) is 38.5 Å². The third-order valence-electron chi connectivity index (χ3n) is 7.99. The van der Waals surface area contributed by atoms with E-state index in [2.05, 4.69) is 15.4 Å². The van der Waals surface area contributed by atoms with Crippen molar-refractivity contribution in [3.05, 3.63) is 65.5 Å². The van der Waals surface area contributed by atoms with Crippen LogP contribution in [0.1, 0.15) is 31.5 Å². The van der Waals surface area contributed by atoms with Gasteiger partial charge in [-0.3, -0.25) is 19.4 Å². The number of fused-ring (bicyclic) bond motifs is 1. The summed E-state index contributed by atoms with van der Waals surface area (Å²) in [5.74, 6) is -7.39. The van der Waals surface area contributed by atoms with Gasteiger partial charge in [0.05, 0.1) is 31.0 Å². The molecule has 1 aromatic carbocycles. The summed E-state index contributed by atoms with van der Waals surface area (Å²) in [5, 5.41) is 39.4. The zero-order valence-corrected chi connectivity index (χ0v) is 28.2. The average Bonchev–Trinajstić information content (AvgIpc) is 3.32. The highest BCUT2D eigenvalue weighted by molar-refractivity contribution is 6.14. The van der Waals surface area contributed by atoms with E-state index in [4.69, 9.17) is 30.9 Å². The number of likely N-dealkylation sites (tertiary alicyclic amines) is 1. The number of piperidine rings is 1. The minimum atomic E-state index is -4.71. The average molecular weight is 761 g/mol. The number of carbonyl (C=O) groups excluding carboxylic acids is 3. The van der Waals surface area contributed by atoms with E-state index < -0.39 is 89.8 Å². The molecule has 3 heterocycles. The molecule has 1 fully saturated rings. The molecule has 16 nitrogen and oxygen atoms in total. The number of benzene rings is 1. The third kappa shape index (κ3) is 11.2. The Bertz CT molecular complexity index is 1690. The van der Waals surface area contributed by atoms with Crippen LogP contribution in [0.25, 0.3) is 0 Å². The molecule has 0 saturated carbocycles. The van der Waals surface area contributed by atoms with Gasteiger partial charge >= 0.3 is 18.1 Å². The van der Waals surface area contributed by atoms with Gasteiger partial charge in [0, 0.05) is 36.5 Å². The molecular weight excluding hydrogens is 723 g/mol. The Balaban J connectivity index is 0.000000661. The zero-order chi connectivity index (χ0) is 39.9. The molecule has 0 unspecified atom stereocenters. The van der Waals surface area contributed by atoms with Crippen molar-refractivity contribution < 1.29 is 71.1 Å². The van der Waals surface area contributed by atoms with E-state index in [0.717, 1.165) is 6.07 Å². The van der Waals surface area contributed by atoms with E-state index in [9.17, 15) is 45.9 Å². The second-order valence-electron chi connectivity index (χ2n) is 12.7. The highest BCUT2D eigenvalue weighted by Gasteiger charge is 2.55. The summed E-state index contributed by atoms with van der Waals surface area (Å²) in [6, 6.07) is 6.56. The van der Waals surface area contributed by atoms with Crippen LogP contribution in [0.2, 0.25) is 0 Å². The molecule has 0 aliphatic carbocycles. The Hall–Kier alpha value is -5.12. The van der Waals surface area contributed by atoms with Crippen LogP contribution < -0.4 is 11.1 Å². The van der Waals surface area contributed by atoms with Gasteiger partial charge in [-0.15, -0.1) is 0 Å². The van der Waals surface area contributed by atoms with E-state index in [1.165, 1.54) is 31.0 Å². The lowest BCUT2D eigenvalue weighted by Crippen LogP contribution is -2.60. The Morgan fingerprint density at radius 3 is 2.23 bits per heavy atom. The summed E-state index contributed by atoms with van der Waals surface area (Å²) in [7, 11) is 0. The standard InChI is InChI=1S/C28H31F5N6O4.C4H6O6/c1-26(2,34)24(41)36-21(15-43-14-17-6-7-18(29)11-20(17)30)23(40)38-10-8-27(12-19-5-3-4-9-35-19)22(13-38)37-39(25(27)42)16-28(31,32)33;5-1(3(7)8)2(6)4(9)10/h3-7,9,11,21H,8,10,12-16,34H2,1-2H3,(H,36,41);1-2,5-6H,(H,7,8)(H,9,10)/t21-,27+;1-,2-/m10/s1. The van der Waals surface area contributed by atoms with Crippen LogP contribution in [0.15, 0.2) is 47.7 Å². The summed E-state index contributed by atoms with van der Waals surface area (Å²) < 4.78 is 72.7. The molecule has 4 atom stereocenters. The lowest BCUT2D eigenvalue weighted by Gasteiger charge is -2.39. The van der Waals surface area contributed by atoms with Crippen LogP contribution in [0.5, 0.6) is 0 Å². The van der Waals surface area contributed by atoms with Gasteiger partial charge in [0.15, 0.2) is 12.2 Å². The number of hydrazone groups is 1. The normalized spacial score (nSPS) is 18.9. The van der Waals surface area contributed by atoms with Crippen LogP contribution >= 0.6 is 0 Å². The first-order valence-electron chi connectivity index (χ1n) is 15.6. The topological polar surface area (TPSA) is 245 Å². The molecule has 3 amide bonds. The van der Waals surface area contributed by atoms with Crippen molar-refractivity contribution in [1.82, 2.24) is 20.2 Å². The van der Waals surface area contributed by atoms with E-state index in [0.29, 0.717) is 16.8 Å². The number of aromatic nitrogens is 1. The van der Waals surface area contributed by atoms with Crippen molar-refractivity contribution in [3.63, 3.8) is 0 Å². The predicted octanol–water partition coefficient (Wildman–Crippen LogP) is 0.198. The number of halogens is 5. The number of alkyl halides is 3. The van der Waals surface area contributed by atoms with Crippen molar-refractivity contribution in [3.8, 4) is 0 Å². The van der Waals surface area contributed by atoms with Gasteiger partial charge in [-0.25, -0.2) is 23.4 Å². The minimum absolute atomic E-state index is 0.0129. The number of carbonyl (C=O) groups is 5. The van der Waals surface area contributed by atoms with Gasteiger partial charge in [0.25, 0.3) is 5.91 Å². The molecule has 53 heavy (non-hydrogen) atoms. The number of nitrogens with zero attached hydrogens (tertiary/aromatic N) is 4. The maximum absolute atomic E-state index is 14.1. The van der Waals surface area contributed by atoms with Crippen molar-refractivity contribution in [2.45, 2.75) is 63.3 Å². The molecule has 290 valence electrons. The van der Waals surface area contributed by atoms with Crippen molar-refractivity contribution in [1.29, 1.82) is 0 Å². The molecule has 21 heteroatoms. The number of pyridine rings is 1. The van der Waals surface area contributed by atoms with E-state index >= 15 is 0 Å². The molecule has 0 spiro atoms. The van der Waals surface area contributed by atoms with E-state index in [-0.39, 0.29) is 43.8 Å². The fourth-order valence-corrected chi connectivity index (χ4v) is 5.16. The number of aliphatic hydroxyl groups excluding tert-OH is 2. The number of aliphatic carboxylic acids is 2. The number of aliphatic hydroxyl groups is 2. The fourth-order valence-electron chi connectivity index (χ4n) is 5.16. The first kappa shape index (κ1) is 42.3. The SMILES string of the molecule is CC(C)(N)C(=O)N[C@H](COCc1ccc(F)cc1F)C(=O)N1CC[C@@]2(Cc3ccccn3)C(=O)N(CC(F)(F)F)N=C2C1.O=C(O)[C@@H](O)[C@H](O)C(=O)O. The van der Waals surface area contributed by atoms with Crippen LogP contribution in [-0.4, -0.2) is 127 Å². The quantitative estimate of drug-likeness (QED) is 0.150. The van der Waals surface area contributed by atoms with Gasteiger partial charge in [-0.1, -0.05) is 12.1 Å². The van der Waals surface area contributed by atoms with Crippen LogP contribution in [-0.2, 0) is 41.7 Å². The second kappa shape index (κ2) is 17.1. The molecule has 2 aromatic rings. The molecule has 7 N–H and O–H groups in total. The summed E-state index contributed by atoms with van der Waals surface area (Å²) in [6.07, 6.45) is -7.81. The molecule has 1 aromatic heterocycles. The van der Waals surface area contributed by atoms with Crippen molar-refractivity contribution in [2.24, 2.45) is 16.3 Å². The number of rotatable bonds is 13. The Labute approximate surface area is 298 Å². The Morgan fingerprint density at radius 2 is 1.70 bits per heavy atom. The van der Waals surface area contributed by atoms with Crippen molar-refractivity contribution >= 4 is 35.4 Å². The summed E-state index contributed by atoms with van der Waals surface area (Å²) in [5.41, 5.74) is 3.59. The minimum Gasteiger partial charge on any atom is -0.479 e.